The minimum absolute atomic E-state index is 0.188. The van der Waals surface area contributed by atoms with Crippen LogP contribution in [0.5, 0.6) is 0 Å². The Hall–Kier alpha value is -1.25. The Bertz CT molecular complexity index is 410. The Balaban J connectivity index is 1.90. The van der Waals surface area contributed by atoms with E-state index >= 15 is 0 Å². The molecule has 6 atom stereocenters. The molecule has 0 radical (unpaired) electrons. The summed E-state index contributed by atoms with van der Waals surface area (Å²) in [5, 5.41) is 0. The molecule has 0 aromatic heterocycles. The van der Waals surface area contributed by atoms with Gasteiger partial charge in [0.15, 0.2) is 0 Å². The van der Waals surface area contributed by atoms with Crippen molar-refractivity contribution < 1.29 is 14.4 Å². The number of carbonyl (C=O) groups is 3. The van der Waals surface area contributed by atoms with Crippen LogP contribution >= 0.6 is 0 Å². The topological polar surface area (TPSA) is 51.2 Å². The van der Waals surface area contributed by atoms with E-state index in [2.05, 4.69) is 12.2 Å². The highest BCUT2D eigenvalue weighted by molar-refractivity contribution is 6.68. The molecule has 0 saturated heterocycles. The molecule has 0 spiro atoms. The molecule has 0 unspecified atom stereocenters. The number of allylic oxidation sites excluding steroid dienone is 2. The first kappa shape index (κ1) is 7.97. The molecule has 0 aromatic carbocycles. The molecule has 5 aliphatic rings. The Morgan fingerprint density at radius 3 is 1.80 bits per heavy atom. The number of ketones is 3. The molecule has 0 heterocycles. The van der Waals surface area contributed by atoms with Crippen LogP contribution < -0.4 is 0 Å². The molecule has 3 fully saturated rings. The summed E-state index contributed by atoms with van der Waals surface area (Å²) in [7, 11) is 0. The average molecular weight is 202 g/mol. The highest BCUT2D eigenvalue weighted by Crippen LogP contribution is 2.65. The van der Waals surface area contributed by atoms with Gasteiger partial charge in [0.25, 0.3) is 5.78 Å². The number of rotatable bonds is 0. The summed E-state index contributed by atoms with van der Waals surface area (Å²) in [5.41, 5.74) is 0. The molecule has 0 aliphatic heterocycles. The van der Waals surface area contributed by atoms with E-state index in [1.54, 1.807) is 0 Å². The summed E-state index contributed by atoms with van der Waals surface area (Å²) in [6.07, 6.45) is 5.29. The molecule has 76 valence electrons. The summed E-state index contributed by atoms with van der Waals surface area (Å²) in [6, 6.07) is 0. The van der Waals surface area contributed by atoms with E-state index in [0.717, 1.165) is 6.42 Å². The molecule has 5 aliphatic carbocycles. The predicted molar refractivity (Wildman–Crippen MR) is 49.7 cm³/mol. The molecule has 5 rings (SSSR count). The van der Waals surface area contributed by atoms with Crippen LogP contribution in [0.3, 0.4) is 0 Å². The minimum Gasteiger partial charge on any atom is -0.290 e. The first-order valence-corrected chi connectivity index (χ1v) is 5.51. The Morgan fingerprint density at radius 1 is 0.867 bits per heavy atom. The van der Waals surface area contributed by atoms with Crippen molar-refractivity contribution in [3.63, 3.8) is 0 Å². The maximum atomic E-state index is 11.7. The quantitative estimate of drug-likeness (QED) is 0.422. The molecular formula is C12H10O3. The fourth-order valence-electron chi connectivity index (χ4n) is 4.01. The SMILES string of the molecule is O=C1C(=O)[C@@H]2[C@H]3C=C[C@H]([C@@H]4C[C@H]34)[C@@H]2C1=O. The summed E-state index contributed by atoms with van der Waals surface area (Å²) in [5.74, 6) is -0.574. The zero-order chi connectivity index (χ0) is 10.3. The number of carbonyl (C=O) groups excluding carboxylic acids is 3. The first-order valence-electron chi connectivity index (χ1n) is 5.51. The van der Waals surface area contributed by atoms with E-state index in [4.69, 9.17) is 0 Å². The van der Waals surface area contributed by atoms with Crippen molar-refractivity contribution in [3.8, 4) is 0 Å². The lowest BCUT2D eigenvalue weighted by atomic mass is 9.63. The lowest BCUT2D eigenvalue weighted by molar-refractivity contribution is -0.141. The lowest BCUT2D eigenvalue weighted by Crippen LogP contribution is -2.40. The maximum Gasteiger partial charge on any atom is 0.264 e. The van der Waals surface area contributed by atoms with Gasteiger partial charge < -0.3 is 0 Å². The van der Waals surface area contributed by atoms with Crippen LogP contribution in [-0.2, 0) is 14.4 Å². The third-order valence-electron chi connectivity index (χ3n) is 4.70. The Kier molecular flexibility index (Phi) is 1.13. The molecule has 0 aromatic rings. The summed E-state index contributed by atoms with van der Waals surface area (Å²) < 4.78 is 0. The summed E-state index contributed by atoms with van der Waals surface area (Å²) in [4.78, 5) is 34.8. The third-order valence-corrected chi connectivity index (χ3v) is 4.70. The van der Waals surface area contributed by atoms with Gasteiger partial charge in [0.1, 0.15) is 0 Å². The van der Waals surface area contributed by atoms with E-state index in [1.165, 1.54) is 0 Å². The van der Waals surface area contributed by atoms with Gasteiger partial charge in [0, 0.05) is 11.8 Å². The zero-order valence-corrected chi connectivity index (χ0v) is 8.05. The van der Waals surface area contributed by atoms with Crippen molar-refractivity contribution in [1.29, 1.82) is 0 Å². The predicted octanol–water partition coefficient (Wildman–Crippen LogP) is 0.392. The van der Waals surface area contributed by atoms with Crippen molar-refractivity contribution in [2.45, 2.75) is 6.42 Å². The van der Waals surface area contributed by atoms with Gasteiger partial charge in [-0.05, 0) is 30.1 Å². The van der Waals surface area contributed by atoms with Gasteiger partial charge in [-0.25, -0.2) is 0 Å². The normalized spacial score (nSPS) is 54.5. The smallest absolute Gasteiger partial charge is 0.264 e. The van der Waals surface area contributed by atoms with Gasteiger partial charge >= 0.3 is 0 Å². The van der Waals surface area contributed by atoms with E-state index in [9.17, 15) is 14.4 Å². The molecule has 0 amide bonds. The molecule has 15 heavy (non-hydrogen) atoms. The fraction of sp³-hybridized carbons (Fsp3) is 0.583. The number of Topliss-reactive ketones (excluding diaryl/α,β-unsaturated/α-hetero) is 3. The molecular weight excluding hydrogens is 192 g/mol. The van der Waals surface area contributed by atoms with Crippen molar-refractivity contribution in [1.82, 2.24) is 0 Å². The van der Waals surface area contributed by atoms with Crippen molar-refractivity contribution >= 4 is 17.3 Å². The molecule has 3 saturated carbocycles. The average Bonchev–Trinajstić information content (AvgIpc) is 3.02. The molecule has 2 bridgehead atoms. The highest BCUT2D eigenvalue weighted by Gasteiger charge is 2.67. The van der Waals surface area contributed by atoms with Crippen molar-refractivity contribution in [2.75, 3.05) is 0 Å². The van der Waals surface area contributed by atoms with E-state index < -0.39 is 17.3 Å². The van der Waals surface area contributed by atoms with Crippen LogP contribution in [0.1, 0.15) is 6.42 Å². The Morgan fingerprint density at radius 2 is 1.33 bits per heavy atom. The van der Waals surface area contributed by atoms with Crippen LogP contribution in [0.4, 0.5) is 0 Å². The van der Waals surface area contributed by atoms with E-state index in [0.29, 0.717) is 11.8 Å². The lowest BCUT2D eigenvalue weighted by Gasteiger charge is -2.38. The molecule has 0 N–H and O–H groups in total. The summed E-state index contributed by atoms with van der Waals surface area (Å²) >= 11 is 0. The van der Waals surface area contributed by atoms with Gasteiger partial charge in [-0.3, -0.25) is 14.4 Å². The van der Waals surface area contributed by atoms with Crippen LogP contribution in [0.25, 0.3) is 0 Å². The standard InChI is InChI=1S/C12H10O3/c13-10-8-4-1-2-5(7-3-6(4)7)9(8)11(14)12(10)15/h1-2,4-9H,3H2/t4-,5+,6+,7-,8+,9-. The molecule has 3 nitrogen and oxygen atoms in total. The van der Waals surface area contributed by atoms with Gasteiger partial charge in [-0.15, -0.1) is 0 Å². The Labute approximate surface area is 86.5 Å². The second-order valence-electron chi connectivity index (χ2n) is 5.21. The number of hydrogen-bond acceptors (Lipinski definition) is 3. The first-order chi connectivity index (χ1) is 7.20. The maximum absolute atomic E-state index is 11.7. The van der Waals surface area contributed by atoms with Crippen LogP contribution in [0.2, 0.25) is 0 Å². The second kappa shape index (κ2) is 2.13. The van der Waals surface area contributed by atoms with Gasteiger partial charge in [0.05, 0.1) is 0 Å². The van der Waals surface area contributed by atoms with E-state index in [1.807, 2.05) is 0 Å². The fourth-order valence-corrected chi connectivity index (χ4v) is 4.01. The highest BCUT2D eigenvalue weighted by atomic mass is 16.2. The van der Waals surface area contributed by atoms with Crippen LogP contribution in [0, 0.1) is 35.5 Å². The zero-order valence-electron chi connectivity index (χ0n) is 8.05. The summed E-state index contributed by atoms with van der Waals surface area (Å²) in [6.45, 7) is 0. The van der Waals surface area contributed by atoms with Crippen LogP contribution in [-0.4, -0.2) is 17.3 Å². The second-order valence-corrected chi connectivity index (χ2v) is 5.21. The van der Waals surface area contributed by atoms with Gasteiger partial charge in [-0.1, -0.05) is 12.2 Å². The van der Waals surface area contributed by atoms with Crippen molar-refractivity contribution in [3.05, 3.63) is 12.2 Å². The monoisotopic (exact) mass is 202 g/mol. The van der Waals surface area contributed by atoms with Crippen LogP contribution in [0.15, 0.2) is 12.2 Å². The number of hydrogen-bond donors (Lipinski definition) is 0. The minimum atomic E-state index is -0.731. The van der Waals surface area contributed by atoms with Crippen molar-refractivity contribution in [2.24, 2.45) is 35.5 Å². The van der Waals surface area contributed by atoms with Gasteiger partial charge in [-0.2, -0.15) is 0 Å². The molecule has 3 heteroatoms. The van der Waals surface area contributed by atoms with Gasteiger partial charge in [0.2, 0.25) is 11.6 Å². The van der Waals surface area contributed by atoms with E-state index in [-0.39, 0.29) is 23.7 Å². The third kappa shape index (κ3) is 0.704. The largest absolute Gasteiger partial charge is 0.290 e.